The molecule has 166 valence electrons. The zero-order valence-electron chi connectivity index (χ0n) is 16.5. The Hall–Kier alpha value is -2.81. The second kappa shape index (κ2) is 8.97. The minimum Gasteiger partial charge on any atom is -0.482 e. The maximum Gasteiger partial charge on any atom is 0.264 e. The minimum atomic E-state index is -3.80. The number of carbonyl (C=O) groups excluding carboxylic acids is 1. The van der Waals surface area contributed by atoms with Crippen LogP contribution < -0.4 is 14.4 Å². The molecule has 0 bridgehead atoms. The number of carbonyl (C=O) groups is 1. The van der Waals surface area contributed by atoms with Crippen molar-refractivity contribution in [1.29, 1.82) is 0 Å². The van der Waals surface area contributed by atoms with Gasteiger partial charge in [-0.25, -0.2) is 12.8 Å². The molecule has 0 saturated carbocycles. The molecule has 3 aromatic carbocycles. The number of nitrogens with zero attached hydrogens (tertiary/aromatic N) is 1. The zero-order chi connectivity index (χ0) is 22.9. The van der Waals surface area contributed by atoms with E-state index in [1.165, 1.54) is 34.6 Å². The first-order valence-corrected chi connectivity index (χ1v) is 11.7. The number of ether oxygens (including phenoxy) is 1. The molecule has 0 unspecified atom stereocenters. The third kappa shape index (κ3) is 4.53. The Morgan fingerprint density at radius 2 is 1.84 bits per heavy atom. The number of benzene rings is 3. The quantitative estimate of drug-likeness (QED) is 0.528. The standard InChI is InChI=1S/C22H17Cl2FN2O4S/c23-17-11-15(5-7-19(17)25)26-22(28)13-31-21-8-6-16(12-18(21)24)32(29,30)27-10-9-14-3-1-2-4-20(14)27/h1-8,11-12H,9-10,13H2,(H,26,28). The molecule has 0 aromatic heterocycles. The molecule has 1 N–H and O–H groups in total. The number of fused-ring (bicyclic) bond motifs is 1. The van der Waals surface area contributed by atoms with Crippen LogP contribution >= 0.6 is 23.2 Å². The Morgan fingerprint density at radius 1 is 1.06 bits per heavy atom. The first-order valence-electron chi connectivity index (χ1n) is 9.53. The van der Waals surface area contributed by atoms with Gasteiger partial charge in [-0.05, 0) is 54.4 Å². The van der Waals surface area contributed by atoms with Gasteiger partial charge in [0.2, 0.25) is 0 Å². The van der Waals surface area contributed by atoms with Crippen LogP contribution in [0.3, 0.4) is 0 Å². The molecule has 6 nitrogen and oxygen atoms in total. The molecule has 1 aliphatic rings. The number of para-hydroxylation sites is 1. The Balaban J connectivity index is 1.44. The number of nitrogens with one attached hydrogen (secondary N) is 1. The molecule has 1 amide bonds. The fraction of sp³-hybridized carbons (Fsp3) is 0.136. The average molecular weight is 495 g/mol. The third-order valence-corrected chi connectivity index (χ3v) is 7.29. The summed E-state index contributed by atoms with van der Waals surface area (Å²) in [5, 5.41) is 2.45. The molecule has 0 fully saturated rings. The second-order valence-corrected chi connectivity index (χ2v) is 9.69. The largest absolute Gasteiger partial charge is 0.482 e. The highest BCUT2D eigenvalue weighted by atomic mass is 35.5. The van der Waals surface area contributed by atoms with Crippen LogP contribution in [0.5, 0.6) is 5.75 Å². The van der Waals surface area contributed by atoms with E-state index in [2.05, 4.69) is 5.32 Å². The molecule has 0 atom stereocenters. The van der Waals surface area contributed by atoms with Crippen molar-refractivity contribution in [3.05, 3.63) is 82.1 Å². The van der Waals surface area contributed by atoms with E-state index in [0.717, 1.165) is 11.6 Å². The predicted molar refractivity (Wildman–Crippen MR) is 122 cm³/mol. The summed E-state index contributed by atoms with van der Waals surface area (Å²) in [4.78, 5) is 12.1. The van der Waals surface area contributed by atoms with Gasteiger partial charge in [0.15, 0.2) is 6.61 Å². The van der Waals surface area contributed by atoms with Crippen LogP contribution in [0.15, 0.2) is 65.6 Å². The molecule has 1 heterocycles. The van der Waals surface area contributed by atoms with Crippen LogP contribution in [0.4, 0.5) is 15.8 Å². The molecule has 0 saturated heterocycles. The number of amides is 1. The molecular formula is C22H17Cl2FN2O4S. The van der Waals surface area contributed by atoms with Crippen molar-refractivity contribution in [2.75, 3.05) is 22.8 Å². The summed E-state index contributed by atoms with van der Waals surface area (Å²) in [6, 6.07) is 15.2. The van der Waals surface area contributed by atoms with Crippen molar-refractivity contribution in [1.82, 2.24) is 0 Å². The lowest BCUT2D eigenvalue weighted by Crippen LogP contribution is -2.29. The summed E-state index contributed by atoms with van der Waals surface area (Å²) in [5.41, 5.74) is 1.93. The summed E-state index contributed by atoms with van der Waals surface area (Å²) >= 11 is 11.9. The molecule has 4 rings (SSSR count). The zero-order valence-corrected chi connectivity index (χ0v) is 18.8. The lowest BCUT2D eigenvalue weighted by molar-refractivity contribution is -0.118. The highest BCUT2D eigenvalue weighted by molar-refractivity contribution is 7.92. The van der Waals surface area contributed by atoms with Gasteiger partial charge in [-0.2, -0.15) is 0 Å². The van der Waals surface area contributed by atoms with E-state index in [0.29, 0.717) is 24.3 Å². The van der Waals surface area contributed by atoms with Crippen molar-refractivity contribution in [2.24, 2.45) is 0 Å². The normalized spacial score (nSPS) is 13.0. The van der Waals surface area contributed by atoms with Crippen LogP contribution in [0.25, 0.3) is 0 Å². The fourth-order valence-corrected chi connectivity index (χ4v) is 5.37. The molecule has 32 heavy (non-hydrogen) atoms. The Bertz CT molecular complexity index is 1300. The topological polar surface area (TPSA) is 75.7 Å². The van der Waals surface area contributed by atoms with Crippen LogP contribution in [0.1, 0.15) is 5.56 Å². The van der Waals surface area contributed by atoms with Crippen molar-refractivity contribution in [2.45, 2.75) is 11.3 Å². The van der Waals surface area contributed by atoms with E-state index < -0.39 is 21.7 Å². The fourth-order valence-electron chi connectivity index (χ4n) is 3.36. The number of rotatable bonds is 6. The predicted octanol–water partition coefficient (Wildman–Crippen LogP) is 4.90. The Kier molecular flexibility index (Phi) is 6.28. The van der Waals surface area contributed by atoms with E-state index in [9.17, 15) is 17.6 Å². The van der Waals surface area contributed by atoms with Crippen LogP contribution in [0.2, 0.25) is 10.0 Å². The van der Waals surface area contributed by atoms with Gasteiger partial charge >= 0.3 is 0 Å². The van der Waals surface area contributed by atoms with Gasteiger partial charge in [-0.3, -0.25) is 9.10 Å². The SMILES string of the molecule is O=C(COc1ccc(S(=O)(=O)N2CCc3ccccc32)cc1Cl)Nc1ccc(F)c(Cl)c1. The first kappa shape index (κ1) is 22.4. The van der Waals surface area contributed by atoms with Crippen LogP contribution in [-0.4, -0.2) is 27.5 Å². The molecule has 0 spiro atoms. The highest BCUT2D eigenvalue weighted by Gasteiger charge is 2.31. The molecular weight excluding hydrogens is 478 g/mol. The summed E-state index contributed by atoms with van der Waals surface area (Å²) in [6.07, 6.45) is 0.638. The Morgan fingerprint density at radius 3 is 2.59 bits per heavy atom. The summed E-state index contributed by atoms with van der Waals surface area (Å²) in [5.74, 6) is -0.964. The van der Waals surface area contributed by atoms with E-state index in [1.54, 1.807) is 12.1 Å². The third-order valence-electron chi connectivity index (χ3n) is 4.90. The van der Waals surface area contributed by atoms with Gasteiger partial charge in [0, 0.05) is 12.2 Å². The van der Waals surface area contributed by atoms with Crippen molar-refractivity contribution in [3.8, 4) is 5.75 Å². The molecule has 1 aliphatic heterocycles. The van der Waals surface area contributed by atoms with Gasteiger partial charge in [0.25, 0.3) is 15.9 Å². The van der Waals surface area contributed by atoms with Gasteiger partial charge in [0.05, 0.1) is 20.6 Å². The average Bonchev–Trinajstić information content (AvgIpc) is 3.20. The summed E-state index contributed by atoms with van der Waals surface area (Å²) in [6.45, 7) is -0.0363. The van der Waals surface area contributed by atoms with Crippen LogP contribution in [-0.2, 0) is 21.2 Å². The first-order chi connectivity index (χ1) is 15.3. The van der Waals surface area contributed by atoms with Gasteiger partial charge < -0.3 is 10.1 Å². The molecule has 0 aliphatic carbocycles. The minimum absolute atomic E-state index is 0.0250. The highest BCUT2D eigenvalue weighted by Crippen LogP contribution is 2.35. The van der Waals surface area contributed by atoms with Crippen molar-refractivity contribution < 1.29 is 22.3 Å². The number of hydrogen-bond acceptors (Lipinski definition) is 4. The van der Waals surface area contributed by atoms with Crippen LogP contribution in [0, 0.1) is 5.82 Å². The second-order valence-electron chi connectivity index (χ2n) is 7.01. The van der Waals surface area contributed by atoms with Crippen molar-refractivity contribution >= 4 is 50.5 Å². The Labute approximate surface area is 194 Å². The van der Waals surface area contributed by atoms with E-state index in [1.807, 2.05) is 12.1 Å². The maximum absolute atomic E-state index is 13.2. The maximum atomic E-state index is 13.2. The molecule has 10 heteroatoms. The molecule has 3 aromatic rings. The summed E-state index contributed by atoms with van der Waals surface area (Å²) in [7, 11) is -3.80. The number of halogens is 3. The monoisotopic (exact) mass is 494 g/mol. The number of hydrogen-bond donors (Lipinski definition) is 1. The van der Waals surface area contributed by atoms with Crippen molar-refractivity contribution in [3.63, 3.8) is 0 Å². The smallest absolute Gasteiger partial charge is 0.264 e. The van der Waals surface area contributed by atoms with E-state index in [-0.39, 0.29) is 27.3 Å². The lowest BCUT2D eigenvalue weighted by Gasteiger charge is -2.20. The van der Waals surface area contributed by atoms with E-state index in [4.69, 9.17) is 27.9 Å². The summed E-state index contributed by atoms with van der Waals surface area (Å²) < 4.78 is 46.2. The van der Waals surface area contributed by atoms with Gasteiger partial charge in [0.1, 0.15) is 11.6 Å². The van der Waals surface area contributed by atoms with E-state index >= 15 is 0 Å². The lowest BCUT2D eigenvalue weighted by atomic mass is 10.2. The molecule has 0 radical (unpaired) electrons. The van der Waals surface area contributed by atoms with Gasteiger partial charge in [-0.1, -0.05) is 41.4 Å². The number of anilines is 2. The van der Waals surface area contributed by atoms with Gasteiger partial charge in [-0.15, -0.1) is 0 Å². The number of sulfonamides is 1.